The molecule has 2 rings (SSSR count). The molecule has 0 radical (unpaired) electrons. The number of rotatable bonds is 2. The zero-order chi connectivity index (χ0) is 10.8. The molecule has 15 heavy (non-hydrogen) atoms. The van der Waals surface area contributed by atoms with Crippen molar-refractivity contribution >= 4 is 33.0 Å². The van der Waals surface area contributed by atoms with E-state index >= 15 is 0 Å². The first kappa shape index (κ1) is 10.4. The molecule has 0 aliphatic heterocycles. The number of nitrogens with zero attached hydrogens (tertiary/aromatic N) is 2. The molecule has 3 nitrogen and oxygen atoms in total. The Balaban J connectivity index is 2.41. The van der Waals surface area contributed by atoms with Gasteiger partial charge in [0.15, 0.2) is 5.78 Å². The van der Waals surface area contributed by atoms with Crippen molar-refractivity contribution in [2.45, 2.75) is 6.92 Å². The lowest BCUT2D eigenvalue weighted by atomic mass is 10.3. The Labute approximate surface area is 99.3 Å². The van der Waals surface area contributed by atoms with Crippen molar-refractivity contribution < 1.29 is 4.79 Å². The van der Waals surface area contributed by atoms with Crippen molar-refractivity contribution in [1.29, 1.82) is 0 Å². The third kappa shape index (κ3) is 2.30. The molecule has 0 aliphatic rings. The normalized spacial score (nSPS) is 10.3. The number of aromatic nitrogens is 2. The lowest BCUT2D eigenvalue weighted by Gasteiger charge is -1.94. The highest BCUT2D eigenvalue weighted by Crippen LogP contribution is 2.24. The fourth-order valence-electron chi connectivity index (χ4n) is 1.07. The molecule has 0 N–H and O–H groups in total. The van der Waals surface area contributed by atoms with Gasteiger partial charge in [-0.15, -0.1) is 11.3 Å². The molecular formula is C10H7BrN2OS. The summed E-state index contributed by atoms with van der Waals surface area (Å²) in [6.45, 7) is 1.51. The van der Waals surface area contributed by atoms with Gasteiger partial charge in [0, 0.05) is 23.0 Å². The van der Waals surface area contributed by atoms with E-state index < -0.39 is 0 Å². The predicted molar refractivity (Wildman–Crippen MR) is 63.0 cm³/mol. The average Bonchev–Trinajstić information content (AvgIpc) is 2.66. The van der Waals surface area contributed by atoms with E-state index in [2.05, 4.69) is 25.9 Å². The Morgan fingerprint density at radius 3 is 2.93 bits per heavy atom. The number of ketones is 1. The summed E-state index contributed by atoms with van der Waals surface area (Å²) in [6, 6.07) is 3.73. The molecule has 76 valence electrons. The van der Waals surface area contributed by atoms with Crippen LogP contribution < -0.4 is 0 Å². The Hall–Kier alpha value is -1.07. The van der Waals surface area contributed by atoms with Crippen molar-refractivity contribution in [2.24, 2.45) is 0 Å². The fourth-order valence-corrected chi connectivity index (χ4v) is 2.24. The third-order valence-corrected chi connectivity index (χ3v) is 3.16. The van der Waals surface area contributed by atoms with Gasteiger partial charge in [-0.2, -0.15) is 0 Å². The summed E-state index contributed by atoms with van der Waals surface area (Å²) in [7, 11) is 0. The second kappa shape index (κ2) is 4.20. The molecule has 0 aromatic carbocycles. The molecule has 0 unspecified atom stereocenters. The standard InChI is InChI=1S/C10H7BrN2OS/c1-6(14)9-5-15-10(13-9)8-4-7(11)2-3-12-8/h2-5H,1H3. The van der Waals surface area contributed by atoms with E-state index in [-0.39, 0.29) is 5.78 Å². The first-order chi connectivity index (χ1) is 7.16. The van der Waals surface area contributed by atoms with Gasteiger partial charge in [0.05, 0.1) is 5.69 Å². The molecule has 0 bridgehead atoms. The second-order valence-corrected chi connectivity index (χ2v) is 4.73. The van der Waals surface area contributed by atoms with Gasteiger partial charge in [-0.1, -0.05) is 15.9 Å². The zero-order valence-corrected chi connectivity index (χ0v) is 10.3. The van der Waals surface area contributed by atoms with Crippen LogP contribution in [-0.2, 0) is 0 Å². The Morgan fingerprint density at radius 2 is 2.33 bits per heavy atom. The highest BCUT2D eigenvalue weighted by atomic mass is 79.9. The van der Waals surface area contributed by atoms with Crippen molar-refractivity contribution in [3.8, 4) is 10.7 Å². The number of Topliss-reactive ketones (excluding diaryl/α,β-unsaturated/α-hetero) is 1. The smallest absolute Gasteiger partial charge is 0.178 e. The largest absolute Gasteiger partial charge is 0.293 e. The van der Waals surface area contributed by atoms with E-state index in [4.69, 9.17) is 0 Å². The second-order valence-electron chi connectivity index (χ2n) is 2.95. The fraction of sp³-hybridized carbons (Fsp3) is 0.100. The minimum Gasteiger partial charge on any atom is -0.293 e. The maximum Gasteiger partial charge on any atom is 0.178 e. The topological polar surface area (TPSA) is 42.9 Å². The molecule has 2 aromatic heterocycles. The van der Waals surface area contributed by atoms with Crippen LogP contribution in [0, 0.1) is 0 Å². The van der Waals surface area contributed by atoms with Crippen molar-refractivity contribution in [2.75, 3.05) is 0 Å². The number of hydrogen-bond donors (Lipinski definition) is 0. The quantitative estimate of drug-likeness (QED) is 0.795. The summed E-state index contributed by atoms with van der Waals surface area (Å²) in [6.07, 6.45) is 1.70. The first-order valence-corrected chi connectivity index (χ1v) is 5.92. The molecule has 0 saturated carbocycles. The monoisotopic (exact) mass is 282 g/mol. The maximum absolute atomic E-state index is 11.1. The summed E-state index contributed by atoms with van der Waals surface area (Å²) < 4.78 is 0.951. The molecule has 2 aromatic rings. The number of hydrogen-bond acceptors (Lipinski definition) is 4. The van der Waals surface area contributed by atoms with Gasteiger partial charge in [0.25, 0.3) is 0 Å². The van der Waals surface area contributed by atoms with Crippen LogP contribution in [0.15, 0.2) is 28.2 Å². The lowest BCUT2D eigenvalue weighted by Crippen LogP contribution is -1.91. The van der Waals surface area contributed by atoms with E-state index in [0.717, 1.165) is 15.2 Å². The van der Waals surface area contributed by atoms with Gasteiger partial charge < -0.3 is 0 Å². The molecule has 0 atom stereocenters. The molecule has 2 heterocycles. The lowest BCUT2D eigenvalue weighted by molar-refractivity contribution is 0.101. The molecule has 0 amide bonds. The molecule has 0 spiro atoms. The van der Waals surface area contributed by atoms with Crippen LogP contribution in [0.5, 0.6) is 0 Å². The van der Waals surface area contributed by atoms with Gasteiger partial charge in [-0.05, 0) is 12.1 Å². The first-order valence-electron chi connectivity index (χ1n) is 4.25. The Bertz CT molecular complexity index is 510. The number of thiazole rings is 1. The molecule has 5 heteroatoms. The van der Waals surface area contributed by atoms with Crippen molar-refractivity contribution in [3.63, 3.8) is 0 Å². The summed E-state index contributed by atoms with van der Waals surface area (Å²) in [4.78, 5) is 19.5. The van der Waals surface area contributed by atoms with E-state index in [1.165, 1.54) is 18.3 Å². The summed E-state index contributed by atoms with van der Waals surface area (Å²) >= 11 is 4.79. The molecule has 0 fully saturated rings. The van der Waals surface area contributed by atoms with Crippen LogP contribution in [0.3, 0.4) is 0 Å². The molecule has 0 aliphatic carbocycles. The minimum absolute atomic E-state index is 0.0208. The van der Waals surface area contributed by atoms with E-state index in [1.807, 2.05) is 12.1 Å². The van der Waals surface area contributed by atoms with E-state index in [9.17, 15) is 4.79 Å². The zero-order valence-electron chi connectivity index (χ0n) is 7.90. The summed E-state index contributed by atoms with van der Waals surface area (Å²) in [5.74, 6) is -0.0208. The highest BCUT2D eigenvalue weighted by Gasteiger charge is 2.08. The number of pyridine rings is 1. The maximum atomic E-state index is 11.1. The number of halogens is 1. The SMILES string of the molecule is CC(=O)c1csc(-c2cc(Br)ccn2)n1. The van der Waals surface area contributed by atoms with Gasteiger partial charge in [-0.3, -0.25) is 9.78 Å². The van der Waals surface area contributed by atoms with E-state index in [1.54, 1.807) is 11.6 Å². The van der Waals surface area contributed by atoms with Crippen LogP contribution >= 0.6 is 27.3 Å². The van der Waals surface area contributed by atoms with Crippen LogP contribution in [0.4, 0.5) is 0 Å². The molecule has 0 saturated heterocycles. The van der Waals surface area contributed by atoms with Crippen LogP contribution in [0.1, 0.15) is 17.4 Å². The highest BCUT2D eigenvalue weighted by molar-refractivity contribution is 9.10. The molecular weight excluding hydrogens is 276 g/mol. The minimum atomic E-state index is -0.0208. The van der Waals surface area contributed by atoms with Crippen LogP contribution in [-0.4, -0.2) is 15.8 Å². The van der Waals surface area contributed by atoms with Gasteiger partial charge in [0.2, 0.25) is 0 Å². The van der Waals surface area contributed by atoms with Crippen molar-refractivity contribution in [3.05, 3.63) is 33.9 Å². The number of carbonyl (C=O) groups excluding carboxylic acids is 1. The predicted octanol–water partition coefficient (Wildman–Crippen LogP) is 3.17. The average molecular weight is 283 g/mol. The van der Waals surface area contributed by atoms with Crippen molar-refractivity contribution in [1.82, 2.24) is 9.97 Å². The number of carbonyl (C=O) groups is 1. The van der Waals surface area contributed by atoms with Gasteiger partial charge in [-0.25, -0.2) is 4.98 Å². The van der Waals surface area contributed by atoms with Crippen LogP contribution in [0.25, 0.3) is 10.7 Å². The van der Waals surface area contributed by atoms with E-state index in [0.29, 0.717) is 5.69 Å². The van der Waals surface area contributed by atoms with Gasteiger partial charge >= 0.3 is 0 Å². The summed E-state index contributed by atoms with van der Waals surface area (Å²) in [5.41, 5.74) is 1.28. The van der Waals surface area contributed by atoms with Gasteiger partial charge in [0.1, 0.15) is 10.7 Å². The van der Waals surface area contributed by atoms with Crippen LogP contribution in [0.2, 0.25) is 0 Å². The Kier molecular flexibility index (Phi) is 2.93. The Morgan fingerprint density at radius 1 is 1.53 bits per heavy atom. The summed E-state index contributed by atoms with van der Waals surface area (Å²) in [5, 5.41) is 2.52. The third-order valence-electron chi connectivity index (χ3n) is 1.81.